The lowest BCUT2D eigenvalue weighted by Gasteiger charge is -2.21. The monoisotopic (exact) mass is 1440 g/mol. The molecule has 0 aliphatic carbocycles. The number of aliphatic hydroxyl groups excluding tert-OH is 1. The molecule has 0 aromatic heterocycles. The van der Waals surface area contributed by atoms with Gasteiger partial charge in [0.2, 0.25) is 0 Å². The smallest absolute Gasteiger partial charge is 0.462 e. The molecule has 0 fully saturated rings. The summed E-state index contributed by atoms with van der Waals surface area (Å²) in [5.74, 6) is -2.27. The molecule has 0 heterocycles. The maximum Gasteiger partial charge on any atom is 0.472 e. The van der Waals surface area contributed by atoms with Gasteiger partial charge in [-0.15, -0.1) is 0 Å². The highest BCUT2D eigenvalue weighted by atomic mass is 31.2. The first-order chi connectivity index (χ1) is 48.7. The van der Waals surface area contributed by atoms with Gasteiger partial charge in [-0.3, -0.25) is 37.3 Å². The average Bonchev–Trinajstić information content (AvgIpc) is 0.985. The molecule has 0 bridgehead atoms. The van der Waals surface area contributed by atoms with E-state index in [0.717, 1.165) is 154 Å². The normalized spacial score (nSPS) is 14.7. The average molecular weight is 1440 g/mol. The first-order valence-electron chi connectivity index (χ1n) is 38.4. The molecule has 5 atom stereocenters. The summed E-state index contributed by atoms with van der Waals surface area (Å²) in [4.78, 5) is 72.8. The number of phosphoric acid groups is 2. The predicted molar refractivity (Wildman–Crippen MR) is 408 cm³/mol. The lowest BCUT2D eigenvalue weighted by Crippen LogP contribution is -2.30. The number of hydrogen-bond acceptors (Lipinski definition) is 15. The van der Waals surface area contributed by atoms with Gasteiger partial charge in [0.1, 0.15) is 19.3 Å². The summed E-state index contributed by atoms with van der Waals surface area (Å²) in [6.07, 6.45) is 80.2. The fraction of sp³-hybridized carbons (Fsp3) is 0.679. The van der Waals surface area contributed by atoms with Crippen molar-refractivity contribution in [3.63, 3.8) is 0 Å². The minimum Gasteiger partial charge on any atom is -0.462 e. The fourth-order valence-corrected chi connectivity index (χ4v) is 11.4. The van der Waals surface area contributed by atoms with E-state index in [1.165, 1.54) is 57.8 Å². The van der Waals surface area contributed by atoms with Gasteiger partial charge in [-0.1, -0.05) is 264 Å². The lowest BCUT2D eigenvalue weighted by molar-refractivity contribution is -0.161. The van der Waals surface area contributed by atoms with Crippen LogP contribution in [0.5, 0.6) is 0 Å². The number of unbranched alkanes of at least 4 members (excludes halogenated alkanes) is 23. The molecule has 100 heavy (non-hydrogen) atoms. The first kappa shape index (κ1) is 95.2. The van der Waals surface area contributed by atoms with Gasteiger partial charge in [0.15, 0.2) is 12.2 Å². The Hall–Kier alpha value is -4.80. The number of carbonyl (C=O) groups excluding carboxylic acids is 4. The van der Waals surface area contributed by atoms with E-state index < -0.39 is 97.5 Å². The van der Waals surface area contributed by atoms with Gasteiger partial charge in [-0.2, -0.15) is 0 Å². The standard InChI is InChI=1S/C81H136O17P2/c1-5-9-13-17-21-25-29-32-35-36-37-38-41-43-47-50-54-58-62-66-79(84)92-72-77(98-81(86)68-64-60-56-52-48-44-40-34-31-27-23-19-15-11-7-3)74-96-100(89,90)94-70-75(82)69-93-99(87,88)95-73-76(97-80(85)67-63-59-55-51-45-28-24-20-16-12-8-4)71-91-78(83)65-61-57-53-49-46-42-39-33-30-26-22-18-14-10-6-2/h9,11,13,15,21-23,25-27,32-35,37-40,43,47-48,52,75-77,82H,5-8,10,12,14,16-20,24,28-31,36,41-42,44-46,49-51,53-74H2,1-4H3,(H,87,88)(H,89,90)/b13-9-,15-11-,25-21-,26-22-,27-23-,35-32-,38-37-,39-33-,40-34-,47-43-,52-48-. The molecule has 0 radical (unpaired) electrons. The number of rotatable bonds is 71. The molecule has 0 aromatic rings. The number of allylic oxidation sites excluding steroid dienone is 22. The van der Waals surface area contributed by atoms with Crippen molar-refractivity contribution in [3.05, 3.63) is 134 Å². The summed E-state index contributed by atoms with van der Waals surface area (Å²) in [6.45, 7) is 4.51. The Morgan fingerprint density at radius 1 is 0.290 bits per heavy atom. The van der Waals surface area contributed by atoms with E-state index in [4.69, 9.17) is 37.0 Å². The molecule has 3 N–H and O–H groups in total. The molecule has 19 heteroatoms. The van der Waals surface area contributed by atoms with Gasteiger partial charge >= 0.3 is 39.5 Å². The van der Waals surface area contributed by atoms with Crippen LogP contribution in [0.1, 0.15) is 297 Å². The zero-order valence-corrected chi connectivity index (χ0v) is 64.1. The van der Waals surface area contributed by atoms with E-state index in [0.29, 0.717) is 32.1 Å². The Kier molecular flexibility index (Phi) is 69.1. The van der Waals surface area contributed by atoms with Gasteiger partial charge in [-0.05, 0) is 141 Å². The Morgan fingerprint density at radius 2 is 0.520 bits per heavy atom. The number of phosphoric ester groups is 2. The molecule has 0 rings (SSSR count). The van der Waals surface area contributed by atoms with Crippen LogP contribution in [-0.4, -0.2) is 96.7 Å². The highest BCUT2D eigenvalue weighted by molar-refractivity contribution is 7.47. The third-order valence-electron chi connectivity index (χ3n) is 15.6. The maximum absolute atomic E-state index is 13.1. The van der Waals surface area contributed by atoms with Crippen molar-refractivity contribution in [3.8, 4) is 0 Å². The van der Waals surface area contributed by atoms with E-state index in [1.54, 1.807) is 0 Å². The van der Waals surface area contributed by atoms with Crippen LogP contribution in [0.25, 0.3) is 0 Å². The van der Waals surface area contributed by atoms with Crippen molar-refractivity contribution in [2.45, 2.75) is 316 Å². The van der Waals surface area contributed by atoms with E-state index in [-0.39, 0.29) is 25.7 Å². The third kappa shape index (κ3) is 71.6. The van der Waals surface area contributed by atoms with Crippen LogP contribution >= 0.6 is 15.6 Å². The number of carbonyl (C=O) groups is 4. The van der Waals surface area contributed by atoms with Crippen molar-refractivity contribution < 1.29 is 80.2 Å². The van der Waals surface area contributed by atoms with Crippen LogP contribution in [0, 0.1) is 0 Å². The summed E-state index contributed by atoms with van der Waals surface area (Å²) < 4.78 is 68.4. The minimum atomic E-state index is -5.00. The zero-order valence-electron chi connectivity index (χ0n) is 62.3. The Balaban J connectivity index is 5.41. The Bertz CT molecular complexity index is 2420. The molecule has 572 valence electrons. The lowest BCUT2D eigenvalue weighted by atomic mass is 10.1. The Morgan fingerprint density at radius 3 is 0.850 bits per heavy atom. The summed E-state index contributed by atoms with van der Waals surface area (Å²) in [7, 11) is -9.98. The van der Waals surface area contributed by atoms with Gasteiger partial charge in [-0.25, -0.2) is 9.13 Å². The number of hydrogen-bond donors (Lipinski definition) is 3. The summed E-state index contributed by atoms with van der Waals surface area (Å²) in [5, 5.41) is 10.6. The van der Waals surface area contributed by atoms with Crippen molar-refractivity contribution in [2.24, 2.45) is 0 Å². The molecular formula is C81H136O17P2. The summed E-state index contributed by atoms with van der Waals surface area (Å²) in [6, 6.07) is 0. The summed E-state index contributed by atoms with van der Waals surface area (Å²) in [5.41, 5.74) is 0. The largest absolute Gasteiger partial charge is 0.472 e. The second kappa shape index (κ2) is 72.5. The van der Waals surface area contributed by atoms with E-state index in [9.17, 15) is 43.2 Å². The fourth-order valence-electron chi connectivity index (χ4n) is 9.80. The highest BCUT2D eigenvalue weighted by Gasteiger charge is 2.30. The van der Waals surface area contributed by atoms with Crippen LogP contribution in [0.3, 0.4) is 0 Å². The number of ether oxygens (including phenoxy) is 4. The second-order valence-corrected chi connectivity index (χ2v) is 28.1. The van der Waals surface area contributed by atoms with E-state index >= 15 is 0 Å². The van der Waals surface area contributed by atoms with Crippen LogP contribution in [0.15, 0.2) is 134 Å². The molecule has 0 aliphatic heterocycles. The number of aliphatic hydroxyl groups is 1. The first-order valence-corrected chi connectivity index (χ1v) is 41.4. The topological polar surface area (TPSA) is 237 Å². The van der Waals surface area contributed by atoms with Crippen LogP contribution < -0.4 is 0 Å². The highest BCUT2D eigenvalue weighted by Crippen LogP contribution is 2.45. The molecule has 0 aromatic carbocycles. The van der Waals surface area contributed by atoms with Crippen LogP contribution in [-0.2, 0) is 65.4 Å². The van der Waals surface area contributed by atoms with Crippen molar-refractivity contribution in [1.29, 1.82) is 0 Å². The summed E-state index contributed by atoms with van der Waals surface area (Å²) >= 11 is 0. The molecule has 0 saturated heterocycles. The van der Waals surface area contributed by atoms with Gasteiger partial charge in [0, 0.05) is 25.7 Å². The zero-order chi connectivity index (χ0) is 73.2. The minimum absolute atomic E-state index is 0.0314. The molecular weight excluding hydrogens is 1310 g/mol. The number of esters is 4. The Labute approximate surface area is 605 Å². The van der Waals surface area contributed by atoms with Crippen molar-refractivity contribution >= 4 is 39.5 Å². The quantitative estimate of drug-likeness (QED) is 0.0169. The molecule has 0 saturated carbocycles. The SMILES string of the molecule is CC/C=C\C/C=C\C/C=C\C/C=C\C/C=C\CCCCCC(=O)OCC(COP(=O)(O)OCC(O)COP(=O)(O)OCC(COC(=O)CCCCCCC/C=C\C/C=C\CCCCC)OC(=O)CCCCCCCCCCCCC)OC(=O)CCCC/C=C\C/C=C\C/C=C\C/C=C\CC. The van der Waals surface area contributed by atoms with E-state index in [1.807, 2.05) is 0 Å². The predicted octanol–water partition coefficient (Wildman–Crippen LogP) is 22.1. The molecule has 0 spiro atoms. The van der Waals surface area contributed by atoms with Gasteiger partial charge in [0.25, 0.3) is 0 Å². The van der Waals surface area contributed by atoms with Crippen LogP contribution in [0.4, 0.5) is 0 Å². The molecule has 0 aliphatic rings. The van der Waals surface area contributed by atoms with Gasteiger partial charge < -0.3 is 33.8 Å². The maximum atomic E-state index is 13.1. The molecule has 5 unspecified atom stereocenters. The van der Waals surface area contributed by atoms with Crippen molar-refractivity contribution in [2.75, 3.05) is 39.6 Å². The van der Waals surface area contributed by atoms with Crippen LogP contribution in [0.2, 0.25) is 0 Å². The molecule has 17 nitrogen and oxygen atoms in total. The molecule has 0 amide bonds. The van der Waals surface area contributed by atoms with Crippen molar-refractivity contribution in [1.82, 2.24) is 0 Å². The second-order valence-electron chi connectivity index (χ2n) is 25.2. The van der Waals surface area contributed by atoms with Gasteiger partial charge in [0.05, 0.1) is 26.4 Å². The van der Waals surface area contributed by atoms with E-state index in [2.05, 4.69) is 161 Å². The third-order valence-corrected chi connectivity index (χ3v) is 17.5.